The Bertz CT molecular complexity index is 1360. The van der Waals surface area contributed by atoms with Crippen molar-refractivity contribution in [3.05, 3.63) is 42.5 Å². The van der Waals surface area contributed by atoms with Gasteiger partial charge in [-0.3, -0.25) is 4.79 Å². The highest BCUT2D eigenvalue weighted by Gasteiger charge is 2.43. The Kier molecular flexibility index (Phi) is 4.76. The molecule has 0 spiro atoms. The number of fused-ring (bicyclic) bond motifs is 2. The van der Waals surface area contributed by atoms with Crippen LogP contribution in [0.5, 0.6) is 0 Å². The number of hydrogen-bond acceptors (Lipinski definition) is 5. The standard InChI is InChI=1S/C21H19F4N7O/c1-11(21(23,24)25)30-18(33)15-9-29-32-5-2-12(6-16(15)32)13-7-26-17-14(13)8-27-19(31-17)28-10-20(22)3-4-20/h2,5-9,11H,3-4,10H2,1H3,(H,30,33)(H2,26,27,28,31)/t11-/m1/s1. The van der Waals surface area contributed by atoms with Gasteiger partial charge in [-0.05, 0) is 37.5 Å². The van der Waals surface area contributed by atoms with Crippen molar-refractivity contribution in [3.63, 3.8) is 0 Å². The normalized spacial score (nSPS) is 16.2. The van der Waals surface area contributed by atoms with E-state index in [0.29, 0.717) is 40.9 Å². The van der Waals surface area contributed by atoms with E-state index in [2.05, 4.69) is 25.4 Å². The number of H-pyrrole nitrogens is 1. The molecule has 0 saturated heterocycles. The predicted molar refractivity (Wildman–Crippen MR) is 113 cm³/mol. The van der Waals surface area contributed by atoms with Crippen LogP contribution in [-0.4, -0.2) is 54.9 Å². The maximum Gasteiger partial charge on any atom is 0.408 e. The highest BCUT2D eigenvalue weighted by Crippen LogP contribution is 2.39. The molecular formula is C21H19F4N7O. The molecule has 4 aromatic rings. The van der Waals surface area contributed by atoms with Gasteiger partial charge in [0.1, 0.15) is 17.4 Å². The van der Waals surface area contributed by atoms with E-state index in [1.165, 1.54) is 10.7 Å². The molecule has 1 atom stereocenters. The minimum absolute atomic E-state index is 0.0238. The van der Waals surface area contributed by atoms with E-state index in [4.69, 9.17) is 0 Å². The fraction of sp³-hybridized carbons (Fsp3) is 0.333. The zero-order valence-electron chi connectivity index (χ0n) is 17.4. The highest BCUT2D eigenvalue weighted by molar-refractivity contribution is 6.02. The Morgan fingerprint density at radius 2 is 2.12 bits per heavy atom. The van der Waals surface area contributed by atoms with Gasteiger partial charge in [0.25, 0.3) is 5.91 Å². The molecule has 0 radical (unpaired) electrons. The first-order chi connectivity index (χ1) is 15.6. The van der Waals surface area contributed by atoms with Crippen LogP contribution in [0.2, 0.25) is 0 Å². The molecule has 0 aromatic carbocycles. The fourth-order valence-electron chi connectivity index (χ4n) is 3.46. The summed E-state index contributed by atoms with van der Waals surface area (Å²) < 4.78 is 53.7. The molecule has 4 heterocycles. The lowest BCUT2D eigenvalue weighted by atomic mass is 10.1. The highest BCUT2D eigenvalue weighted by atomic mass is 19.4. The third-order valence-electron chi connectivity index (χ3n) is 5.70. The van der Waals surface area contributed by atoms with Crippen molar-refractivity contribution in [2.75, 3.05) is 11.9 Å². The Morgan fingerprint density at radius 1 is 1.33 bits per heavy atom. The van der Waals surface area contributed by atoms with Gasteiger partial charge in [-0.2, -0.15) is 23.3 Å². The number of halogens is 4. The van der Waals surface area contributed by atoms with Crippen molar-refractivity contribution in [1.82, 2.24) is 29.9 Å². The molecule has 12 heteroatoms. The average molecular weight is 461 g/mol. The Labute approximate surface area is 184 Å². The van der Waals surface area contributed by atoms with E-state index < -0.39 is 23.8 Å². The first-order valence-corrected chi connectivity index (χ1v) is 10.3. The van der Waals surface area contributed by atoms with Crippen LogP contribution in [0.3, 0.4) is 0 Å². The van der Waals surface area contributed by atoms with Gasteiger partial charge in [0.05, 0.1) is 23.8 Å². The summed E-state index contributed by atoms with van der Waals surface area (Å²) in [6.45, 7) is 1.03. The summed E-state index contributed by atoms with van der Waals surface area (Å²) in [7, 11) is 0. The Hall–Kier alpha value is -3.70. The second-order valence-corrected chi connectivity index (χ2v) is 8.20. The lowest BCUT2D eigenvalue weighted by Gasteiger charge is -2.16. The van der Waals surface area contributed by atoms with Crippen LogP contribution in [0.25, 0.3) is 27.7 Å². The summed E-state index contributed by atoms with van der Waals surface area (Å²) in [4.78, 5) is 24.1. The van der Waals surface area contributed by atoms with Gasteiger partial charge in [0.15, 0.2) is 0 Å². The molecule has 1 saturated carbocycles. The number of amides is 1. The second-order valence-electron chi connectivity index (χ2n) is 8.20. The zero-order chi connectivity index (χ0) is 23.4. The van der Waals surface area contributed by atoms with E-state index in [-0.39, 0.29) is 12.1 Å². The monoisotopic (exact) mass is 461 g/mol. The summed E-state index contributed by atoms with van der Waals surface area (Å²) in [5.74, 6) is -0.560. The van der Waals surface area contributed by atoms with Crippen molar-refractivity contribution >= 4 is 28.4 Å². The third-order valence-corrected chi connectivity index (χ3v) is 5.70. The molecule has 172 valence electrons. The molecule has 33 heavy (non-hydrogen) atoms. The Balaban J connectivity index is 1.43. The number of anilines is 1. The van der Waals surface area contributed by atoms with Gasteiger partial charge >= 0.3 is 6.18 Å². The van der Waals surface area contributed by atoms with Crippen LogP contribution in [-0.2, 0) is 0 Å². The van der Waals surface area contributed by atoms with E-state index in [1.807, 2.05) is 5.32 Å². The van der Waals surface area contributed by atoms with Crippen molar-refractivity contribution in [2.45, 2.75) is 37.7 Å². The maximum absolute atomic E-state index is 13.8. The molecule has 0 aliphatic heterocycles. The lowest BCUT2D eigenvalue weighted by Crippen LogP contribution is -2.43. The Morgan fingerprint density at radius 3 is 2.85 bits per heavy atom. The van der Waals surface area contributed by atoms with Gasteiger partial charge in [-0.25, -0.2) is 13.9 Å². The SMILES string of the molecule is C[C@@H](NC(=O)c1cnn2ccc(-c3c[nH]c4nc(NCC5(F)CC5)ncc34)cc12)C(F)(F)F. The van der Waals surface area contributed by atoms with Crippen molar-refractivity contribution in [3.8, 4) is 11.1 Å². The topological polar surface area (TPSA) is 100 Å². The summed E-state index contributed by atoms with van der Waals surface area (Å²) in [6, 6.07) is 1.42. The van der Waals surface area contributed by atoms with Gasteiger partial charge in [0.2, 0.25) is 5.95 Å². The van der Waals surface area contributed by atoms with E-state index in [0.717, 1.165) is 12.5 Å². The van der Waals surface area contributed by atoms with Crippen LogP contribution in [0, 0.1) is 0 Å². The number of rotatable bonds is 6. The molecule has 0 unspecified atom stereocenters. The van der Waals surface area contributed by atoms with Gasteiger partial charge in [-0.1, -0.05) is 0 Å². The molecule has 5 rings (SSSR count). The molecule has 1 aliphatic rings. The van der Waals surface area contributed by atoms with Gasteiger partial charge in [-0.15, -0.1) is 0 Å². The molecule has 3 N–H and O–H groups in total. The molecule has 8 nitrogen and oxygen atoms in total. The fourth-order valence-corrected chi connectivity index (χ4v) is 3.46. The number of carbonyl (C=O) groups is 1. The number of nitrogens with zero attached hydrogens (tertiary/aromatic N) is 4. The number of pyridine rings is 1. The maximum atomic E-state index is 13.8. The molecule has 1 aliphatic carbocycles. The molecule has 1 fully saturated rings. The van der Waals surface area contributed by atoms with Crippen molar-refractivity contribution < 1.29 is 22.4 Å². The van der Waals surface area contributed by atoms with Crippen LogP contribution in [0.1, 0.15) is 30.1 Å². The minimum Gasteiger partial charge on any atom is -0.351 e. The van der Waals surface area contributed by atoms with Crippen molar-refractivity contribution in [2.24, 2.45) is 0 Å². The smallest absolute Gasteiger partial charge is 0.351 e. The van der Waals surface area contributed by atoms with E-state index >= 15 is 0 Å². The van der Waals surface area contributed by atoms with Crippen LogP contribution < -0.4 is 10.6 Å². The molecule has 4 aromatic heterocycles. The number of nitrogens with one attached hydrogen (secondary N) is 3. The third kappa shape index (κ3) is 4.08. The number of carbonyl (C=O) groups excluding carboxylic acids is 1. The molecule has 1 amide bonds. The number of aromatic amines is 1. The largest absolute Gasteiger partial charge is 0.408 e. The first kappa shape index (κ1) is 21.2. The zero-order valence-corrected chi connectivity index (χ0v) is 17.4. The van der Waals surface area contributed by atoms with Crippen molar-refractivity contribution in [1.29, 1.82) is 0 Å². The first-order valence-electron chi connectivity index (χ1n) is 10.3. The van der Waals surface area contributed by atoms with E-state index in [9.17, 15) is 22.4 Å². The summed E-state index contributed by atoms with van der Waals surface area (Å²) >= 11 is 0. The quantitative estimate of drug-likeness (QED) is 0.379. The number of aromatic nitrogens is 5. The van der Waals surface area contributed by atoms with Crippen LogP contribution in [0.15, 0.2) is 36.9 Å². The van der Waals surface area contributed by atoms with Crippen LogP contribution in [0.4, 0.5) is 23.5 Å². The summed E-state index contributed by atoms with van der Waals surface area (Å²) in [5, 5.41) is 9.61. The van der Waals surface area contributed by atoms with Gasteiger partial charge < -0.3 is 15.6 Å². The summed E-state index contributed by atoms with van der Waals surface area (Å²) in [6.07, 6.45) is 2.67. The van der Waals surface area contributed by atoms with Gasteiger partial charge in [0, 0.05) is 29.5 Å². The number of alkyl halides is 4. The van der Waals surface area contributed by atoms with Crippen LogP contribution >= 0.6 is 0 Å². The lowest BCUT2D eigenvalue weighted by molar-refractivity contribution is -0.149. The number of hydrogen-bond donors (Lipinski definition) is 3. The molecule has 0 bridgehead atoms. The predicted octanol–water partition coefficient (Wildman–Crippen LogP) is 3.87. The second kappa shape index (κ2) is 7.42. The molecular weight excluding hydrogens is 442 g/mol. The minimum atomic E-state index is -4.55. The average Bonchev–Trinajstić information content (AvgIpc) is 3.18. The van der Waals surface area contributed by atoms with E-state index in [1.54, 1.807) is 30.7 Å². The summed E-state index contributed by atoms with van der Waals surface area (Å²) in [5.41, 5.74) is 1.16.